The summed E-state index contributed by atoms with van der Waals surface area (Å²) in [4.78, 5) is 29.2. The molecule has 1 aromatic heterocycles. The molecule has 1 radical (unpaired) electrons. The summed E-state index contributed by atoms with van der Waals surface area (Å²) >= 11 is 0. The number of fused-ring (bicyclic) bond motifs is 1. The molecule has 3 aromatic rings. The molecule has 10 heteroatoms. The number of nitrogens with two attached hydrogens (primary N) is 2. The van der Waals surface area contributed by atoms with E-state index in [0.29, 0.717) is 28.1 Å². The maximum Gasteiger partial charge on any atom is 0.343 e. The van der Waals surface area contributed by atoms with Gasteiger partial charge in [0.05, 0.1) is 26.8 Å². The second-order valence-electron chi connectivity index (χ2n) is 5.22. The number of H-pyrrole nitrogens is 1. The van der Waals surface area contributed by atoms with Crippen LogP contribution in [0.2, 0.25) is 0 Å². The molecule has 28 heavy (non-hydrogen) atoms. The van der Waals surface area contributed by atoms with Crippen molar-refractivity contribution in [2.75, 3.05) is 32.8 Å². The van der Waals surface area contributed by atoms with E-state index in [1.54, 1.807) is 36.4 Å². The van der Waals surface area contributed by atoms with Crippen molar-refractivity contribution in [1.82, 2.24) is 9.97 Å². The number of hydrogen-bond donors (Lipinski definition) is 3. The number of nitrogens with one attached hydrogen (secondary N) is 1. The summed E-state index contributed by atoms with van der Waals surface area (Å²) in [5.74, 6) is 0.536. The molecule has 147 valence electrons. The first kappa shape index (κ1) is 22.9. The minimum atomic E-state index is -0.491. The molecular weight excluding hydrogens is 403 g/mol. The fourth-order valence-corrected chi connectivity index (χ4v) is 2.39. The number of carbonyl (C=O) groups is 1. The number of ether oxygens (including phenoxy) is 3. The van der Waals surface area contributed by atoms with E-state index in [9.17, 15) is 9.59 Å². The maximum absolute atomic E-state index is 11.5. The van der Waals surface area contributed by atoms with Gasteiger partial charge in [-0.3, -0.25) is 9.78 Å². The van der Waals surface area contributed by atoms with Crippen LogP contribution in [0, 0.1) is 0 Å². The SMILES string of the molecule is COC(=O)c1c(N)cccc1OC.COc1cccc2nc(N)[nH]c(=O)c12.[V]. The van der Waals surface area contributed by atoms with Crippen molar-refractivity contribution in [1.29, 1.82) is 0 Å². The number of aromatic amines is 1. The van der Waals surface area contributed by atoms with E-state index < -0.39 is 5.97 Å². The molecule has 0 saturated carbocycles. The number of nitrogen functional groups attached to an aromatic ring is 2. The minimum Gasteiger partial charge on any atom is -0.496 e. The standard InChI is InChI=1S/C9H9N3O2.C9H11NO3.V/c1-14-6-4-2-3-5-7(6)8(13)12-9(10)11-5;1-12-7-5-3-4-6(10)8(7)9(11)13-2;/h2-4H,1H3,(H3,10,11,12,13);3-5H,10H2,1-2H3;. The molecule has 5 N–H and O–H groups in total. The first-order valence-electron chi connectivity index (χ1n) is 7.76. The molecule has 0 aliphatic heterocycles. The van der Waals surface area contributed by atoms with Gasteiger partial charge in [0, 0.05) is 24.2 Å². The van der Waals surface area contributed by atoms with E-state index in [2.05, 4.69) is 14.7 Å². The Balaban J connectivity index is 0.000000271. The molecule has 0 unspecified atom stereocenters. The van der Waals surface area contributed by atoms with Crippen LogP contribution in [0.1, 0.15) is 10.4 Å². The summed E-state index contributed by atoms with van der Waals surface area (Å²) in [6.45, 7) is 0. The topological polar surface area (TPSA) is 143 Å². The van der Waals surface area contributed by atoms with Crippen molar-refractivity contribution >= 4 is 28.5 Å². The third-order valence-electron chi connectivity index (χ3n) is 3.60. The van der Waals surface area contributed by atoms with E-state index in [1.807, 2.05) is 0 Å². The average molecular weight is 423 g/mol. The van der Waals surface area contributed by atoms with Crippen LogP contribution in [-0.2, 0) is 23.3 Å². The summed E-state index contributed by atoms with van der Waals surface area (Å²) in [7, 11) is 4.28. The van der Waals surface area contributed by atoms with E-state index in [4.69, 9.17) is 20.9 Å². The van der Waals surface area contributed by atoms with Gasteiger partial charge in [-0.1, -0.05) is 12.1 Å². The summed E-state index contributed by atoms with van der Waals surface area (Å²) < 4.78 is 14.6. The number of aromatic nitrogens is 2. The number of methoxy groups -OCH3 is 3. The van der Waals surface area contributed by atoms with Crippen molar-refractivity contribution in [3.8, 4) is 11.5 Å². The minimum absolute atomic E-state index is 0. The Labute approximate surface area is 172 Å². The number of carbonyl (C=O) groups excluding carboxylic acids is 1. The predicted octanol–water partition coefficient (Wildman–Crippen LogP) is 1.58. The van der Waals surface area contributed by atoms with Crippen molar-refractivity contribution < 1.29 is 37.6 Å². The van der Waals surface area contributed by atoms with E-state index in [1.165, 1.54) is 21.3 Å². The number of esters is 1. The first-order valence-corrected chi connectivity index (χ1v) is 7.76. The third-order valence-corrected chi connectivity index (χ3v) is 3.60. The number of anilines is 2. The van der Waals surface area contributed by atoms with Gasteiger partial charge in [-0.05, 0) is 24.3 Å². The Morgan fingerprint density at radius 3 is 2.21 bits per heavy atom. The zero-order valence-electron chi connectivity index (χ0n) is 15.6. The predicted molar refractivity (Wildman–Crippen MR) is 102 cm³/mol. The number of benzene rings is 2. The molecule has 0 atom stereocenters. The summed E-state index contributed by atoms with van der Waals surface area (Å²) in [6, 6.07) is 10.2. The summed E-state index contributed by atoms with van der Waals surface area (Å²) in [5.41, 5.74) is 11.9. The molecule has 0 spiro atoms. The molecule has 1 heterocycles. The smallest absolute Gasteiger partial charge is 0.343 e. The first-order chi connectivity index (χ1) is 12.9. The Bertz CT molecular complexity index is 1020. The van der Waals surface area contributed by atoms with Crippen molar-refractivity contribution in [2.24, 2.45) is 0 Å². The van der Waals surface area contributed by atoms with Gasteiger partial charge in [0.1, 0.15) is 22.4 Å². The maximum atomic E-state index is 11.5. The van der Waals surface area contributed by atoms with Gasteiger partial charge in [-0.2, -0.15) is 0 Å². The Morgan fingerprint density at radius 2 is 1.61 bits per heavy atom. The van der Waals surface area contributed by atoms with Crippen LogP contribution >= 0.6 is 0 Å². The normalized spacial score (nSPS) is 9.54. The molecular formula is C18H20N4O5V. The molecule has 2 aromatic carbocycles. The monoisotopic (exact) mass is 423 g/mol. The quantitative estimate of drug-likeness (QED) is 0.426. The van der Waals surface area contributed by atoms with Crippen LogP contribution in [-0.4, -0.2) is 37.3 Å². The third kappa shape index (κ3) is 4.96. The number of hydrogen-bond acceptors (Lipinski definition) is 8. The number of rotatable bonds is 3. The van der Waals surface area contributed by atoms with Crippen LogP contribution in [0.3, 0.4) is 0 Å². The van der Waals surface area contributed by atoms with Gasteiger partial charge in [0.2, 0.25) is 5.95 Å². The van der Waals surface area contributed by atoms with Crippen LogP contribution in [0.5, 0.6) is 11.5 Å². The molecule has 0 aliphatic carbocycles. The number of nitrogens with zero attached hydrogens (tertiary/aromatic N) is 1. The fourth-order valence-electron chi connectivity index (χ4n) is 2.39. The Kier molecular flexibility index (Phi) is 8.37. The van der Waals surface area contributed by atoms with Crippen molar-refractivity contribution in [3.05, 3.63) is 52.3 Å². The van der Waals surface area contributed by atoms with Gasteiger partial charge < -0.3 is 25.7 Å². The van der Waals surface area contributed by atoms with Gasteiger partial charge >= 0.3 is 5.97 Å². The van der Waals surface area contributed by atoms with Crippen LogP contribution in [0.25, 0.3) is 10.9 Å². The molecule has 0 saturated heterocycles. The molecule has 0 fully saturated rings. The van der Waals surface area contributed by atoms with Crippen molar-refractivity contribution in [2.45, 2.75) is 0 Å². The molecule has 0 amide bonds. The molecule has 3 rings (SSSR count). The molecule has 9 nitrogen and oxygen atoms in total. The van der Waals surface area contributed by atoms with Gasteiger partial charge in [-0.15, -0.1) is 0 Å². The van der Waals surface area contributed by atoms with Gasteiger partial charge in [0.25, 0.3) is 5.56 Å². The Morgan fingerprint density at radius 1 is 1.00 bits per heavy atom. The average Bonchev–Trinajstić information content (AvgIpc) is 2.66. The summed E-state index contributed by atoms with van der Waals surface area (Å²) in [5, 5.41) is 0.421. The second kappa shape index (κ2) is 10.2. The molecule has 0 aliphatic rings. The fraction of sp³-hybridized carbons (Fsp3) is 0.167. The largest absolute Gasteiger partial charge is 0.496 e. The van der Waals surface area contributed by atoms with Crippen LogP contribution < -0.4 is 26.5 Å². The zero-order chi connectivity index (χ0) is 20.0. The van der Waals surface area contributed by atoms with Crippen LogP contribution in [0.15, 0.2) is 41.2 Å². The van der Waals surface area contributed by atoms with Crippen molar-refractivity contribution in [3.63, 3.8) is 0 Å². The van der Waals surface area contributed by atoms with Crippen LogP contribution in [0.4, 0.5) is 11.6 Å². The van der Waals surface area contributed by atoms with E-state index in [0.717, 1.165) is 0 Å². The van der Waals surface area contributed by atoms with E-state index in [-0.39, 0.29) is 35.6 Å². The van der Waals surface area contributed by atoms with Gasteiger partial charge in [0.15, 0.2) is 0 Å². The zero-order valence-corrected chi connectivity index (χ0v) is 17.0. The Hall–Kier alpha value is -3.17. The van der Waals surface area contributed by atoms with Gasteiger partial charge in [-0.25, -0.2) is 9.78 Å². The van der Waals surface area contributed by atoms with E-state index >= 15 is 0 Å². The summed E-state index contributed by atoms with van der Waals surface area (Å²) in [6.07, 6.45) is 0. The second-order valence-corrected chi connectivity index (χ2v) is 5.22. The molecule has 0 bridgehead atoms.